The van der Waals surface area contributed by atoms with E-state index < -0.39 is 13.9 Å². The van der Waals surface area contributed by atoms with Crippen molar-refractivity contribution in [1.82, 2.24) is 0 Å². The molecule has 0 spiro atoms. The van der Waals surface area contributed by atoms with Crippen LogP contribution in [0.3, 0.4) is 0 Å². The Balaban J connectivity index is 1.48. The first-order valence-electron chi connectivity index (χ1n) is 22.4. The summed E-state index contributed by atoms with van der Waals surface area (Å²) in [5.41, 5.74) is 1.98. The monoisotopic (exact) mass is 851 g/mol. The van der Waals surface area contributed by atoms with E-state index in [0.717, 1.165) is 47.0 Å². The van der Waals surface area contributed by atoms with Crippen molar-refractivity contribution in [2.24, 2.45) is 0 Å². The van der Waals surface area contributed by atoms with Crippen molar-refractivity contribution in [3.8, 4) is 17.2 Å². The molecule has 1 N–H and O–H groups in total. The Labute approximate surface area is 356 Å². The van der Waals surface area contributed by atoms with Crippen LogP contribution in [0, 0.1) is 0 Å². The number of benzene rings is 2. The molecule has 1 heterocycles. The number of phosphoric acid groups is 1. The minimum Gasteiger partial charge on any atom is -0.746 e. The van der Waals surface area contributed by atoms with Gasteiger partial charge in [0.15, 0.2) is 11.5 Å². The molecule has 57 heavy (non-hydrogen) atoms. The zero-order chi connectivity index (χ0) is 41.2. The fourth-order valence-electron chi connectivity index (χ4n) is 6.92. The van der Waals surface area contributed by atoms with Gasteiger partial charge in [-0.15, -0.1) is 23.5 Å². The molecule has 3 rings (SSSR count). The van der Waals surface area contributed by atoms with Gasteiger partial charge in [-0.25, -0.2) is 0 Å². The molecule has 0 bridgehead atoms. The fraction of sp³-hybridized carbons (Fsp3) is 0.739. The third-order valence-electron chi connectivity index (χ3n) is 10.6. The molecule has 0 aromatic heterocycles. The molecule has 0 amide bonds. The van der Waals surface area contributed by atoms with E-state index in [1.165, 1.54) is 116 Å². The number of aliphatic hydroxyl groups excluding tert-OH is 1. The Bertz CT molecular complexity index is 1370. The van der Waals surface area contributed by atoms with Gasteiger partial charge in [-0.2, -0.15) is 0 Å². The molecule has 8 nitrogen and oxygen atoms in total. The van der Waals surface area contributed by atoms with E-state index in [4.69, 9.17) is 18.5 Å². The largest absolute Gasteiger partial charge is 0.746 e. The van der Waals surface area contributed by atoms with Crippen molar-refractivity contribution in [1.29, 1.82) is 0 Å². The number of ether oxygens (including phenoxy) is 2. The molecule has 2 unspecified atom stereocenters. The molecule has 0 saturated carbocycles. The van der Waals surface area contributed by atoms with E-state index in [1.807, 2.05) is 51.5 Å². The lowest BCUT2D eigenvalue weighted by atomic mass is 10.0. The number of rotatable bonds is 33. The average molecular weight is 852 g/mol. The Kier molecular flexibility index (Phi) is 25.4. The van der Waals surface area contributed by atoms with Crippen molar-refractivity contribution >= 4 is 31.3 Å². The second-order valence-electron chi connectivity index (χ2n) is 16.9. The van der Waals surface area contributed by atoms with Crippen LogP contribution in [-0.2, 0) is 9.09 Å². The van der Waals surface area contributed by atoms with Crippen LogP contribution in [0.25, 0.3) is 0 Å². The van der Waals surface area contributed by atoms with Crippen LogP contribution in [0.15, 0.2) is 42.5 Å². The highest BCUT2D eigenvalue weighted by Gasteiger charge is 2.30. The molecule has 1 saturated heterocycles. The number of hydrogen-bond acceptors (Lipinski definition) is 9. The quantitative estimate of drug-likeness (QED) is 0.0428. The highest BCUT2D eigenvalue weighted by molar-refractivity contribution is 8.17. The van der Waals surface area contributed by atoms with E-state index in [0.29, 0.717) is 24.2 Å². The number of likely N-dealkylation sites (N-methyl/N-ethyl adjacent to an activating group) is 1. The normalized spacial score (nSPS) is 17.6. The number of hydrogen-bond donors (Lipinski definition) is 1. The van der Waals surface area contributed by atoms with E-state index in [2.05, 4.69) is 13.8 Å². The molecular weight excluding hydrogens is 774 g/mol. The number of quaternary nitrogens is 1. The topological polar surface area (TPSA) is 97.3 Å². The first-order valence-corrected chi connectivity index (χ1v) is 25.9. The van der Waals surface area contributed by atoms with Crippen molar-refractivity contribution in [3.63, 3.8) is 0 Å². The summed E-state index contributed by atoms with van der Waals surface area (Å²) in [6.45, 7) is 6.48. The molecule has 11 heteroatoms. The molecular formula is C46H78NO7PS2. The summed E-state index contributed by atoms with van der Waals surface area (Å²) in [6.07, 6.45) is 25.1. The minimum absolute atomic E-state index is 0.00713. The Hall–Kier alpha value is -1.39. The third kappa shape index (κ3) is 22.1. The first kappa shape index (κ1) is 50.0. The van der Waals surface area contributed by atoms with E-state index in [-0.39, 0.29) is 22.9 Å². The number of unbranched alkanes of at least 4 members (excludes halogenated alkanes) is 18. The van der Waals surface area contributed by atoms with Crippen LogP contribution >= 0.6 is 31.3 Å². The number of nitrogens with zero attached hydrogens (tertiary/aromatic N) is 1. The summed E-state index contributed by atoms with van der Waals surface area (Å²) in [5.74, 6) is 3.74. The van der Waals surface area contributed by atoms with Crippen LogP contribution in [-0.4, -0.2) is 73.2 Å². The molecule has 0 radical (unpaired) electrons. The van der Waals surface area contributed by atoms with Crippen LogP contribution in [0.5, 0.6) is 17.2 Å². The lowest BCUT2D eigenvalue weighted by molar-refractivity contribution is -0.870. The lowest BCUT2D eigenvalue weighted by Gasteiger charge is -2.31. The molecule has 1 fully saturated rings. The predicted octanol–water partition coefficient (Wildman–Crippen LogP) is 12.5. The van der Waals surface area contributed by atoms with Gasteiger partial charge < -0.3 is 33.0 Å². The smallest absolute Gasteiger partial charge is 0.319 e. The maximum atomic E-state index is 12.3. The minimum atomic E-state index is -4.45. The number of aliphatic hydroxyl groups is 1. The van der Waals surface area contributed by atoms with Gasteiger partial charge in [0, 0.05) is 17.4 Å². The summed E-state index contributed by atoms with van der Waals surface area (Å²) in [5, 5.41) is 11.6. The molecule has 0 aliphatic carbocycles. The second kappa shape index (κ2) is 29.0. The van der Waals surface area contributed by atoms with Crippen molar-refractivity contribution in [2.75, 3.05) is 59.0 Å². The van der Waals surface area contributed by atoms with Gasteiger partial charge in [-0.05, 0) is 48.2 Å². The second-order valence-corrected chi connectivity index (χ2v) is 20.9. The predicted molar refractivity (Wildman–Crippen MR) is 241 cm³/mol. The van der Waals surface area contributed by atoms with Crippen LogP contribution in [0.2, 0.25) is 0 Å². The maximum absolute atomic E-state index is 12.3. The van der Waals surface area contributed by atoms with Crippen LogP contribution in [0.4, 0.5) is 0 Å². The van der Waals surface area contributed by atoms with E-state index >= 15 is 0 Å². The number of thioether (sulfide) groups is 2. The molecule has 2 aromatic carbocycles. The van der Waals surface area contributed by atoms with Gasteiger partial charge >= 0.3 is 7.82 Å². The Morgan fingerprint density at radius 1 is 0.684 bits per heavy atom. The SMILES string of the molecule is CCCCCCCCCCCCOc1ccc(C(O)C2SCC(c3ccc(OP(=O)([O-])OCC[N+](C)(C)C)cc3)CS2)cc1OCCCCCCCCCCCC. The van der Waals surface area contributed by atoms with Crippen LogP contribution < -0.4 is 18.9 Å². The number of phosphoric ester groups is 1. The van der Waals surface area contributed by atoms with Crippen LogP contribution in [0.1, 0.15) is 165 Å². The van der Waals surface area contributed by atoms with Crippen molar-refractivity contribution < 1.29 is 37.6 Å². The summed E-state index contributed by atoms with van der Waals surface area (Å²) < 4.78 is 35.9. The molecule has 1 aliphatic rings. The maximum Gasteiger partial charge on any atom is 0.319 e. The van der Waals surface area contributed by atoms with Gasteiger partial charge in [0.1, 0.15) is 25.0 Å². The van der Waals surface area contributed by atoms with Crippen molar-refractivity contribution in [3.05, 3.63) is 53.6 Å². The Morgan fingerprint density at radius 2 is 1.16 bits per heavy atom. The fourth-order valence-corrected chi connectivity index (χ4v) is 10.8. The molecule has 2 atom stereocenters. The summed E-state index contributed by atoms with van der Waals surface area (Å²) in [7, 11) is 1.47. The van der Waals surface area contributed by atoms with Gasteiger partial charge in [-0.1, -0.05) is 148 Å². The van der Waals surface area contributed by atoms with Gasteiger partial charge in [0.2, 0.25) is 0 Å². The summed E-state index contributed by atoms with van der Waals surface area (Å²) in [6, 6.07) is 13.2. The zero-order valence-corrected chi connectivity index (χ0v) is 38.8. The highest BCUT2D eigenvalue weighted by atomic mass is 32.2. The average Bonchev–Trinajstić information content (AvgIpc) is 3.18. The standard InChI is InChI=1S/C46H78NO7PS2/c1-6-8-10-12-14-16-18-20-22-24-33-51-43-31-28-40(36-44(43)52-34-25-23-21-19-17-15-13-11-9-7-2)45(48)46-56-37-41(38-57-46)39-26-29-42(30-27-39)54-55(49,50)53-35-32-47(3,4)5/h26-31,36,41,45-46,48H,6-25,32-35,37-38H2,1-5H3. The van der Waals surface area contributed by atoms with Gasteiger partial charge in [0.05, 0.1) is 38.9 Å². The summed E-state index contributed by atoms with van der Waals surface area (Å²) in [4.78, 5) is 12.3. The molecule has 1 aliphatic heterocycles. The lowest BCUT2D eigenvalue weighted by Crippen LogP contribution is -2.37. The summed E-state index contributed by atoms with van der Waals surface area (Å²) >= 11 is 3.53. The van der Waals surface area contributed by atoms with Gasteiger partial charge in [0.25, 0.3) is 0 Å². The molecule has 326 valence electrons. The first-order chi connectivity index (χ1) is 27.5. The Morgan fingerprint density at radius 3 is 1.65 bits per heavy atom. The molecule has 2 aromatic rings. The van der Waals surface area contributed by atoms with Gasteiger partial charge in [-0.3, -0.25) is 4.57 Å². The van der Waals surface area contributed by atoms with Crippen molar-refractivity contribution in [2.45, 2.75) is 159 Å². The highest BCUT2D eigenvalue weighted by Crippen LogP contribution is 2.46. The van der Waals surface area contributed by atoms with E-state index in [1.54, 1.807) is 35.7 Å². The van der Waals surface area contributed by atoms with E-state index in [9.17, 15) is 14.6 Å². The zero-order valence-electron chi connectivity index (χ0n) is 36.3. The third-order valence-corrected chi connectivity index (χ3v) is 14.7.